The number of fused-ring (bicyclic) bond motifs is 1. The minimum absolute atomic E-state index is 0.0106. The van der Waals surface area contributed by atoms with E-state index in [2.05, 4.69) is 66.6 Å². The van der Waals surface area contributed by atoms with Crippen molar-refractivity contribution in [3.63, 3.8) is 0 Å². The number of rotatable bonds is 14. The fourth-order valence-electron chi connectivity index (χ4n) is 12.2. The highest BCUT2D eigenvalue weighted by atomic mass is 19.1. The second-order valence-corrected chi connectivity index (χ2v) is 30.1. The molecule has 5 saturated heterocycles. The van der Waals surface area contributed by atoms with Gasteiger partial charge in [0.2, 0.25) is 17.7 Å². The number of benzene rings is 6. The zero-order chi connectivity index (χ0) is 87.0. The lowest BCUT2D eigenvalue weighted by Gasteiger charge is -2.48. The molecule has 9 N–H and O–H groups in total. The lowest BCUT2D eigenvalue weighted by atomic mass is 9.81. The van der Waals surface area contributed by atoms with Crippen molar-refractivity contribution in [2.24, 2.45) is 11.7 Å². The van der Waals surface area contributed by atoms with Gasteiger partial charge in [0.15, 0.2) is 39.9 Å². The molecule has 37 nitrogen and oxygen atoms in total. The molecule has 6 heterocycles. The molecule has 1 saturated carbocycles. The molecule has 0 radical (unpaired) electrons. The molecule has 0 bridgehead atoms. The zero-order valence-corrected chi connectivity index (χ0v) is 66.4. The Morgan fingerprint density at radius 3 is 1.19 bits per heavy atom. The summed E-state index contributed by atoms with van der Waals surface area (Å²) in [6.07, 6.45) is 3.41. The van der Waals surface area contributed by atoms with Gasteiger partial charge in [0.25, 0.3) is 17.1 Å². The van der Waals surface area contributed by atoms with E-state index >= 15 is 0 Å². The molecule has 6 fully saturated rings. The maximum Gasteiger partial charge on any atom is 0.410 e. The maximum atomic E-state index is 12.7. The van der Waals surface area contributed by atoms with Gasteiger partial charge in [0, 0.05) is 134 Å². The molecular formula is C80H91FN22O15. The average Bonchev–Trinajstić information content (AvgIpc) is 0.777. The molecule has 0 unspecified atom stereocenters. The summed E-state index contributed by atoms with van der Waals surface area (Å²) in [7, 11) is 0. The number of nitrogens with zero attached hydrogens (tertiary/aromatic N) is 15. The van der Waals surface area contributed by atoms with Gasteiger partial charge in [-0.3, -0.25) is 59.6 Å². The van der Waals surface area contributed by atoms with Crippen LogP contribution < -0.4 is 43.0 Å². The Bertz CT molecular complexity index is 5000. The Hall–Kier alpha value is -14.3. The molecule has 0 aromatic heterocycles. The van der Waals surface area contributed by atoms with Crippen LogP contribution >= 0.6 is 0 Å². The number of ether oxygens (including phenoxy) is 2. The number of likely N-dealkylation sites (tertiary alicyclic amines) is 4. The van der Waals surface area contributed by atoms with Crippen molar-refractivity contribution in [1.82, 2.24) is 24.9 Å². The highest BCUT2D eigenvalue weighted by molar-refractivity contribution is 5.79. The van der Waals surface area contributed by atoms with Gasteiger partial charge >= 0.3 is 17.7 Å². The maximum absolute atomic E-state index is 12.7. The summed E-state index contributed by atoms with van der Waals surface area (Å²) < 4.78 is 23.1. The van der Waals surface area contributed by atoms with Crippen LogP contribution in [0.5, 0.6) is 0 Å². The summed E-state index contributed by atoms with van der Waals surface area (Å²) in [6, 6.07) is 27.8. The summed E-state index contributed by atoms with van der Waals surface area (Å²) in [6.45, 7) is 64.5. The van der Waals surface area contributed by atoms with E-state index in [1.807, 2.05) is 37.8 Å². The number of hydrogen-bond donors (Lipinski definition) is 7. The fraction of sp³-hybridized carbons (Fsp3) is 0.412. The lowest BCUT2D eigenvalue weighted by Crippen LogP contribution is -2.61. The number of halogens is 1. The number of nitrogens with one attached hydrogen (secondary N) is 5. The molecule has 618 valence electrons. The van der Waals surface area contributed by atoms with Crippen LogP contribution in [0, 0.1) is 91.6 Å². The smallest absolute Gasteiger partial charge is 0.410 e. The van der Waals surface area contributed by atoms with Crippen molar-refractivity contribution in [1.29, 1.82) is 0 Å². The van der Waals surface area contributed by atoms with E-state index in [4.69, 9.17) is 60.4 Å². The molecule has 6 aromatic rings. The van der Waals surface area contributed by atoms with Crippen LogP contribution in [0.25, 0.3) is 29.1 Å². The van der Waals surface area contributed by atoms with E-state index in [0.717, 1.165) is 76.2 Å². The number of aryl methyl sites for hydroxylation is 1. The SMILES string of the molecule is CC(C)(C)OC(=O)C1CC(N)C1.[C-]#[N+]c1ccc(N)c(NC2CN(C(C)=O)C2)c1.[C-]#[N+]c1ccc([N+](=O)[O-])c(F)c1.[C-]#[N+]c1ccc([N+](=O)[O-])c(NC2CN(C(=O)OC(C)(C)C)C2)c1.[C-]#[N+]c1ccc([N+](=O)[O-])c(NC2CN(C(C)=O)C2)c1.[C-]#[N+]c1ccc([N+](=O)[O-])c(NC2CNC2)c1.[C-]#[N+]c1ccc2c(c1)N(C1CN(C(C)=O)C1)CCC2. The average molecular weight is 1620 g/mol. The van der Waals surface area contributed by atoms with Gasteiger partial charge in [-0.2, -0.15) is 0 Å². The number of amides is 4. The Morgan fingerprint density at radius 2 is 0.831 bits per heavy atom. The van der Waals surface area contributed by atoms with E-state index in [1.54, 1.807) is 62.6 Å². The molecule has 38 heteroatoms. The van der Waals surface area contributed by atoms with E-state index in [9.17, 15) is 68.8 Å². The lowest BCUT2D eigenvalue weighted by molar-refractivity contribution is -0.387. The number of esters is 1. The number of hydrogen-bond acceptors (Lipinski definition) is 23. The van der Waals surface area contributed by atoms with Crippen LogP contribution in [0.2, 0.25) is 0 Å². The van der Waals surface area contributed by atoms with Gasteiger partial charge in [-0.05, 0) is 140 Å². The molecule has 0 spiro atoms. The van der Waals surface area contributed by atoms with Crippen molar-refractivity contribution >= 4 is 121 Å². The van der Waals surface area contributed by atoms with Gasteiger partial charge in [0.05, 0.1) is 101 Å². The van der Waals surface area contributed by atoms with Crippen LogP contribution in [0.4, 0.5) is 100 Å². The van der Waals surface area contributed by atoms with Crippen LogP contribution in [-0.2, 0) is 35.1 Å². The second-order valence-electron chi connectivity index (χ2n) is 30.1. The van der Waals surface area contributed by atoms with Gasteiger partial charge in [0.1, 0.15) is 28.3 Å². The van der Waals surface area contributed by atoms with Crippen molar-refractivity contribution in [2.75, 3.05) is 104 Å². The first-order valence-corrected chi connectivity index (χ1v) is 37.1. The summed E-state index contributed by atoms with van der Waals surface area (Å²) in [5.41, 5.74) is 17.1. The summed E-state index contributed by atoms with van der Waals surface area (Å²) >= 11 is 0. The number of carbonyl (C=O) groups is 5. The van der Waals surface area contributed by atoms with Crippen molar-refractivity contribution in [2.45, 2.75) is 135 Å². The normalized spacial score (nSPS) is 16.2. The number of nitrogen functional groups attached to an aromatic ring is 1. The Morgan fingerprint density at radius 1 is 0.483 bits per heavy atom. The van der Waals surface area contributed by atoms with Crippen LogP contribution in [0.15, 0.2) is 109 Å². The number of nitro benzene ring substituents is 4. The molecule has 13 rings (SSSR count). The van der Waals surface area contributed by atoms with Gasteiger partial charge in [-0.1, -0.05) is 18.2 Å². The number of carbonyl (C=O) groups excluding carboxylic acids is 5. The van der Waals surface area contributed by atoms with Crippen LogP contribution in [0.3, 0.4) is 0 Å². The molecule has 7 aliphatic rings. The Balaban J connectivity index is 0.000000192. The minimum Gasteiger partial charge on any atom is -0.460 e. The van der Waals surface area contributed by atoms with Crippen molar-refractivity contribution < 1.29 is 57.5 Å². The summed E-state index contributed by atoms with van der Waals surface area (Å²) in [4.78, 5) is 126. The first-order chi connectivity index (χ1) is 55.7. The fourth-order valence-corrected chi connectivity index (χ4v) is 12.2. The predicted octanol–water partition coefficient (Wildman–Crippen LogP) is 13.5. The molecule has 4 amide bonds. The zero-order valence-electron chi connectivity index (χ0n) is 66.4. The quantitative estimate of drug-likeness (QED) is 0.0175. The van der Waals surface area contributed by atoms with Crippen LogP contribution in [-0.4, -0.2) is 189 Å². The van der Waals surface area contributed by atoms with E-state index in [-0.39, 0.29) is 93.9 Å². The molecule has 6 aromatic carbocycles. The standard InChI is InChI=1S/C15H18N4O4.C15H17N3O.C12H12N4O3.C12H14N4O.C10H10N4O2.C9H17NO2.C7H3FN2O2/c1-15(2,3)23-14(20)18-8-11(9-18)17-12-7-10(16-4)5-6-13(12)19(21)22;1-11(19)17-9-14(10-17)18-7-3-4-12-5-6-13(16-2)8-15(12)18;1-8(17)15-6-10(7-15)14-11-5-9(13-2)3-4-12(11)16(18)19;1-8(17)16-6-10(7-16)15-12-5-9(14-2)3-4-11(12)13;1-11-7-2-3-10(14(15)16)9(4-7)13-8-5-12-6-8;1-9(2,3)12-8(11)6-4-7(10)5-6;1-9-5-2-3-7(10(11)12)6(8)4-5/h5-7,11,17H,8-9H2,1-3H3;5-6,8,14H,3-4,7,9-10H2,1H3;3-5,10,14H,6-7H2,1H3;3-5,10,15H,6-7,13H2,1H3;2-4,8,12-13H,5-6H2;6-7H,4-5,10H2,1-3H3;2-4H. The highest BCUT2D eigenvalue weighted by Gasteiger charge is 2.39. The van der Waals surface area contributed by atoms with Gasteiger partial charge < -0.3 is 72.0 Å². The number of anilines is 6. The molecule has 0 atom stereocenters. The van der Waals surface area contributed by atoms with E-state index < -0.39 is 42.9 Å². The largest absolute Gasteiger partial charge is 0.460 e. The number of nitrogens with two attached hydrogens (primary N) is 2. The van der Waals surface area contributed by atoms with E-state index in [1.165, 1.54) is 83.7 Å². The topological polar surface area (TPSA) is 431 Å². The predicted molar refractivity (Wildman–Crippen MR) is 440 cm³/mol. The molecular weight excluding hydrogens is 1530 g/mol. The summed E-state index contributed by atoms with van der Waals surface area (Å²) in [5, 5.41) is 58.2. The minimum atomic E-state index is -0.978. The van der Waals surface area contributed by atoms with Gasteiger partial charge in [-0.15, -0.1) is 0 Å². The van der Waals surface area contributed by atoms with Crippen molar-refractivity contribution in [3.05, 3.63) is 230 Å². The number of nitro groups is 4. The second kappa shape index (κ2) is 41.1. The van der Waals surface area contributed by atoms with Crippen LogP contribution in [0.1, 0.15) is 87.1 Å². The summed E-state index contributed by atoms with van der Waals surface area (Å²) in [5.74, 6) is -0.784. The Labute approximate surface area is 680 Å². The van der Waals surface area contributed by atoms with Gasteiger partial charge in [-0.25, -0.2) is 38.3 Å². The van der Waals surface area contributed by atoms with Crippen molar-refractivity contribution in [3.8, 4) is 0 Å². The first-order valence-electron chi connectivity index (χ1n) is 37.1. The third-order valence-corrected chi connectivity index (χ3v) is 18.8. The molecule has 118 heavy (non-hydrogen) atoms. The molecule has 1 aliphatic carbocycles. The highest BCUT2D eigenvalue weighted by Crippen LogP contribution is 2.38. The first kappa shape index (κ1) is 90.8. The third-order valence-electron chi connectivity index (χ3n) is 18.8. The monoisotopic (exact) mass is 1620 g/mol. The Kier molecular flexibility index (Phi) is 31.6. The third kappa shape index (κ3) is 26.4. The molecule has 6 aliphatic heterocycles. The van der Waals surface area contributed by atoms with E-state index in [0.29, 0.717) is 90.8 Å².